The molecule has 0 aliphatic carbocycles. The Hall–Kier alpha value is -2.05. The van der Waals surface area contributed by atoms with E-state index in [9.17, 15) is 4.79 Å². The Morgan fingerprint density at radius 3 is 2.85 bits per heavy atom. The van der Waals surface area contributed by atoms with Gasteiger partial charge in [-0.3, -0.25) is 0 Å². The molecule has 1 fully saturated rings. The maximum absolute atomic E-state index is 11.8. The average molecular weight is 280 g/mol. The van der Waals surface area contributed by atoms with Crippen molar-refractivity contribution in [2.45, 2.75) is 25.9 Å². The lowest BCUT2D eigenvalue weighted by atomic mass is 10.1. The van der Waals surface area contributed by atoms with E-state index in [2.05, 4.69) is 15.5 Å². The van der Waals surface area contributed by atoms with Crippen molar-refractivity contribution >= 4 is 6.03 Å². The minimum atomic E-state index is -0.0472. The van der Waals surface area contributed by atoms with Crippen molar-refractivity contribution in [3.8, 4) is 11.8 Å². The fraction of sp³-hybridized carbons (Fsp3) is 0.615. The van der Waals surface area contributed by atoms with Crippen molar-refractivity contribution in [1.82, 2.24) is 20.4 Å². The SMILES string of the molecule is CCNC(=O)N1CCCC(Oc2ccc(OC)nn2)C1. The summed E-state index contributed by atoms with van der Waals surface area (Å²) in [6, 6.07) is 3.38. The van der Waals surface area contributed by atoms with Gasteiger partial charge in [0.25, 0.3) is 0 Å². The number of piperidine rings is 1. The van der Waals surface area contributed by atoms with E-state index in [0.717, 1.165) is 19.4 Å². The van der Waals surface area contributed by atoms with Crippen LogP contribution in [0.4, 0.5) is 4.79 Å². The number of nitrogens with zero attached hydrogens (tertiary/aromatic N) is 3. The van der Waals surface area contributed by atoms with E-state index in [1.54, 1.807) is 17.0 Å². The third-order valence-electron chi connectivity index (χ3n) is 3.11. The summed E-state index contributed by atoms with van der Waals surface area (Å²) in [6.07, 6.45) is 1.78. The number of methoxy groups -OCH3 is 1. The maximum Gasteiger partial charge on any atom is 0.317 e. The van der Waals surface area contributed by atoms with Crippen LogP contribution in [0.2, 0.25) is 0 Å². The number of ether oxygens (including phenoxy) is 2. The number of amides is 2. The number of rotatable bonds is 4. The zero-order valence-electron chi connectivity index (χ0n) is 11.8. The molecule has 2 amide bonds. The summed E-state index contributed by atoms with van der Waals surface area (Å²) in [7, 11) is 1.54. The number of likely N-dealkylation sites (tertiary alicyclic amines) is 1. The van der Waals surface area contributed by atoms with Crippen molar-refractivity contribution in [1.29, 1.82) is 0 Å². The number of carbonyl (C=O) groups is 1. The van der Waals surface area contributed by atoms with Crippen molar-refractivity contribution in [2.75, 3.05) is 26.7 Å². The molecule has 0 spiro atoms. The Bertz CT molecular complexity index is 438. The molecule has 7 nitrogen and oxygen atoms in total. The molecular weight excluding hydrogens is 260 g/mol. The number of urea groups is 1. The van der Waals surface area contributed by atoms with Gasteiger partial charge in [-0.1, -0.05) is 0 Å². The first kappa shape index (κ1) is 14.4. The summed E-state index contributed by atoms with van der Waals surface area (Å²) >= 11 is 0. The van der Waals surface area contributed by atoms with Gasteiger partial charge < -0.3 is 19.7 Å². The number of hydrogen-bond acceptors (Lipinski definition) is 5. The number of hydrogen-bond donors (Lipinski definition) is 1. The van der Waals surface area contributed by atoms with Crippen molar-refractivity contribution < 1.29 is 14.3 Å². The predicted octanol–water partition coefficient (Wildman–Crippen LogP) is 1.06. The van der Waals surface area contributed by atoms with Crippen molar-refractivity contribution in [2.24, 2.45) is 0 Å². The van der Waals surface area contributed by atoms with Gasteiger partial charge in [-0.05, 0) is 19.8 Å². The monoisotopic (exact) mass is 280 g/mol. The lowest BCUT2D eigenvalue weighted by Gasteiger charge is -2.32. The Labute approximate surface area is 118 Å². The van der Waals surface area contributed by atoms with E-state index in [4.69, 9.17) is 9.47 Å². The number of carbonyl (C=O) groups excluding carboxylic acids is 1. The molecule has 1 unspecified atom stereocenters. The van der Waals surface area contributed by atoms with Gasteiger partial charge in [0.15, 0.2) is 0 Å². The molecule has 1 atom stereocenters. The first-order valence-electron chi connectivity index (χ1n) is 6.80. The molecule has 0 aromatic carbocycles. The Balaban J connectivity index is 1.90. The van der Waals surface area contributed by atoms with Crippen LogP contribution >= 0.6 is 0 Å². The first-order valence-corrected chi connectivity index (χ1v) is 6.80. The number of nitrogens with one attached hydrogen (secondary N) is 1. The quantitative estimate of drug-likeness (QED) is 0.892. The minimum Gasteiger partial charge on any atom is -0.480 e. The van der Waals surface area contributed by atoms with Gasteiger partial charge in [0, 0.05) is 25.2 Å². The fourth-order valence-electron chi connectivity index (χ4n) is 2.13. The summed E-state index contributed by atoms with van der Waals surface area (Å²) in [5.41, 5.74) is 0. The second-order valence-corrected chi connectivity index (χ2v) is 4.58. The van der Waals surface area contributed by atoms with Crippen LogP contribution < -0.4 is 14.8 Å². The molecule has 20 heavy (non-hydrogen) atoms. The summed E-state index contributed by atoms with van der Waals surface area (Å²) < 4.78 is 10.7. The molecule has 1 aliphatic heterocycles. The third kappa shape index (κ3) is 3.72. The van der Waals surface area contributed by atoms with Gasteiger partial charge in [0.05, 0.1) is 13.7 Å². The molecule has 2 heterocycles. The van der Waals surface area contributed by atoms with Crippen LogP contribution in [-0.4, -0.2) is 54.0 Å². The summed E-state index contributed by atoms with van der Waals surface area (Å²) in [5.74, 6) is 0.901. The molecule has 110 valence electrons. The second-order valence-electron chi connectivity index (χ2n) is 4.58. The Kier molecular flexibility index (Phi) is 4.97. The highest BCUT2D eigenvalue weighted by molar-refractivity contribution is 5.74. The van der Waals surface area contributed by atoms with Crippen LogP contribution in [0.25, 0.3) is 0 Å². The summed E-state index contributed by atoms with van der Waals surface area (Å²) in [4.78, 5) is 13.6. The molecule has 1 aliphatic rings. The maximum atomic E-state index is 11.8. The van der Waals surface area contributed by atoms with Crippen LogP contribution in [0.5, 0.6) is 11.8 Å². The molecular formula is C13H20N4O3. The third-order valence-corrected chi connectivity index (χ3v) is 3.11. The summed E-state index contributed by atoms with van der Waals surface area (Å²) in [6.45, 7) is 3.87. The van der Waals surface area contributed by atoms with Crippen LogP contribution in [0.3, 0.4) is 0 Å². The van der Waals surface area contributed by atoms with E-state index in [0.29, 0.717) is 24.8 Å². The molecule has 7 heteroatoms. The van der Waals surface area contributed by atoms with Crippen molar-refractivity contribution in [3.05, 3.63) is 12.1 Å². The van der Waals surface area contributed by atoms with E-state index < -0.39 is 0 Å². The fourth-order valence-corrected chi connectivity index (χ4v) is 2.13. The van der Waals surface area contributed by atoms with Gasteiger partial charge in [0.2, 0.25) is 11.8 Å². The zero-order chi connectivity index (χ0) is 14.4. The van der Waals surface area contributed by atoms with E-state index in [1.165, 1.54) is 7.11 Å². The molecule has 1 aromatic heterocycles. The smallest absolute Gasteiger partial charge is 0.317 e. The minimum absolute atomic E-state index is 0.0402. The van der Waals surface area contributed by atoms with Gasteiger partial charge >= 0.3 is 6.03 Å². The van der Waals surface area contributed by atoms with Gasteiger partial charge in [-0.2, -0.15) is 0 Å². The lowest BCUT2D eigenvalue weighted by molar-refractivity contribution is 0.0970. The highest BCUT2D eigenvalue weighted by atomic mass is 16.5. The second kappa shape index (κ2) is 6.93. The first-order chi connectivity index (χ1) is 9.72. The van der Waals surface area contributed by atoms with Crippen molar-refractivity contribution in [3.63, 3.8) is 0 Å². The highest BCUT2D eigenvalue weighted by Crippen LogP contribution is 2.17. The zero-order valence-corrected chi connectivity index (χ0v) is 11.8. The average Bonchev–Trinajstić information content (AvgIpc) is 2.48. The van der Waals surface area contributed by atoms with E-state index >= 15 is 0 Å². The largest absolute Gasteiger partial charge is 0.480 e. The predicted molar refractivity (Wildman–Crippen MR) is 72.9 cm³/mol. The van der Waals surface area contributed by atoms with E-state index in [1.807, 2.05) is 6.92 Å². The molecule has 1 aromatic rings. The summed E-state index contributed by atoms with van der Waals surface area (Å²) in [5, 5.41) is 10.6. The van der Waals surface area contributed by atoms with Gasteiger partial charge in [-0.25, -0.2) is 4.79 Å². The van der Waals surface area contributed by atoms with Crippen LogP contribution in [-0.2, 0) is 0 Å². The standard InChI is InChI=1S/C13H20N4O3/c1-3-14-13(18)17-8-4-5-10(9-17)20-12-7-6-11(19-2)15-16-12/h6-7,10H,3-5,8-9H2,1-2H3,(H,14,18). The normalized spacial score (nSPS) is 18.5. The number of aromatic nitrogens is 2. The lowest BCUT2D eigenvalue weighted by Crippen LogP contribution is -2.48. The van der Waals surface area contributed by atoms with Gasteiger partial charge in [-0.15, -0.1) is 10.2 Å². The molecule has 1 saturated heterocycles. The topological polar surface area (TPSA) is 76.6 Å². The molecule has 0 bridgehead atoms. The Morgan fingerprint density at radius 2 is 2.20 bits per heavy atom. The van der Waals surface area contributed by atoms with Crippen LogP contribution in [0.1, 0.15) is 19.8 Å². The van der Waals surface area contributed by atoms with Gasteiger partial charge in [0.1, 0.15) is 6.10 Å². The molecule has 1 N–H and O–H groups in total. The molecule has 2 rings (SSSR count). The molecule has 0 saturated carbocycles. The van der Waals surface area contributed by atoms with Crippen LogP contribution in [0.15, 0.2) is 12.1 Å². The highest BCUT2D eigenvalue weighted by Gasteiger charge is 2.24. The molecule has 0 radical (unpaired) electrons. The van der Waals surface area contributed by atoms with Crippen LogP contribution in [0, 0.1) is 0 Å². The van der Waals surface area contributed by atoms with E-state index in [-0.39, 0.29) is 12.1 Å². The Morgan fingerprint density at radius 1 is 1.45 bits per heavy atom.